The Morgan fingerprint density at radius 1 is 1.37 bits per heavy atom. The maximum absolute atomic E-state index is 13.6. The van der Waals surface area contributed by atoms with Gasteiger partial charge in [-0.2, -0.15) is 5.26 Å². The molecule has 0 spiro atoms. The molecule has 27 heavy (non-hydrogen) atoms. The molecule has 0 amide bonds. The second kappa shape index (κ2) is 8.84. The molecule has 1 fully saturated rings. The molecule has 9 heteroatoms. The molecule has 1 atom stereocenters. The minimum absolute atomic E-state index is 0. The maximum Gasteiger partial charge on any atom is 0.332 e. The zero-order chi connectivity index (χ0) is 18.7. The number of halogens is 2. The van der Waals surface area contributed by atoms with Gasteiger partial charge in [-0.3, -0.25) is 13.9 Å². The van der Waals surface area contributed by atoms with Gasteiger partial charge in [-0.1, -0.05) is 0 Å². The van der Waals surface area contributed by atoms with E-state index >= 15 is 0 Å². The quantitative estimate of drug-likeness (QED) is 0.814. The highest BCUT2D eigenvalue weighted by Gasteiger charge is 2.17. The Morgan fingerprint density at radius 3 is 2.81 bits per heavy atom. The van der Waals surface area contributed by atoms with Crippen molar-refractivity contribution in [2.24, 2.45) is 7.05 Å². The van der Waals surface area contributed by atoms with Crippen LogP contribution in [-0.2, 0) is 13.6 Å². The lowest BCUT2D eigenvalue weighted by molar-refractivity contribution is 0.475. The molecule has 1 aromatic heterocycles. The summed E-state index contributed by atoms with van der Waals surface area (Å²) in [5.41, 5.74) is -0.260. The molecular formula is C18H21ClFN5O2. The Bertz CT molecular complexity index is 973. The van der Waals surface area contributed by atoms with Gasteiger partial charge in [0, 0.05) is 25.7 Å². The molecule has 0 aliphatic carbocycles. The zero-order valence-corrected chi connectivity index (χ0v) is 15.7. The van der Waals surface area contributed by atoms with Crippen molar-refractivity contribution in [2.45, 2.75) is 25.4 Å². The fourth-order valence-corrected chi connectivity index (χ4v) is 3.10. The molecule has 7 nitrogen and oxygen atoms in total. The van der Waals surface area contributed by atoms with Crippen molar-refractivity contribution in [1.29, 1.82) is 5.26 Å². The van der Waals surface area contributed by atoms with E-state index in [2.05, 4.69) is 10.6 Å². The summed E-state index contributed by atoms with van der Waals surface area (Å²) in [5.74, 6) is -0.109. The van der Waals surface area contributed by atoms with Crippen LogP contribution in [0.3, 0.4) is 0 Å². The number of nitriles is 1. The number of hydrogen-bond donors (Lipinski definition) is 2. The minimum Gasteiger partial charge on any atom is -0.367 e. The molecule has 144 valence electrons. The van der Waals surface area contributed by atoms with Crippen molar-refractivity contribution in [3.63, 3.8) is 0 Å². The van der Waals surface area contributed by atoms with Gasteiger partial charge in [-0.15, -0.1) is 12.4 Å². The van der Waals surface area contributed by atoms with E-state index in [0.717, 1.165) is 30.5 Å². The van der Waals surface area contributed by atoms with E-state index < -0.39 is 17.1 Å². The summed E-state index contributed by atoms with van der Waals surface area (Å²) in [4.78, 5) is 24.7. The highest BCUT2D eigenvalue weighted by atomic mass is 35.5. The number of anilines is 1. The summed E-state index contributed by atoms with van der Waals surface area (Å²) in [6.07, 6.45) is 1.91. The largest absolute Gasteiger partial charge is 0.367 e. The highest BCUT2D eigenvalue weighted by molar-refractivity contribution is 5.85. The fourth-order valence-electron chi connectivity index (χ4n) is 3.10. The third-order valence-corrected chi connectivity index (χ3v) is 4.56. The predicted octanol–water partition coefficient (Wildman–Crippen LogP) is 1.19. The predicted molar refractivity (Wildman–Crippen MR) is 103 cm³/mol. The van der Waals surface area contributed by atoms with Crippen LogP contribution in [0.2, 0.25) is 0 Å². The maximum atomic E-state index is 13.6. The first-order chi connectivity index (χ1) is 12.5. The van der Waals surface area contributed by atoms with Crippen molar-refractivity contribution in [1.82, 2.24) is 14.5 Å². The molecule has 0 unspecified atom stereocenters. The lowest BCUT2D eigenvalue weighted by Gasteiger charge is -2.26. The van der Waals surface area contributed by atoms with Gasteiger partial charge in [0.25, 0.3) is 5.56 Å². The van der Waals surface area contributed by atoms with Crippen molar-refractivity contribution < 1.29 is 4.39 Å². The van der Waals surface area contributed by atoms with Crippen LogP contribution in [0, 0.1) is 17.1 Å². The molecule has 2 heterocycles. The monoisotopic (exact) mass is 393 g/mol. The average Bonchev–Trinajstić information content (AvgIpc) is 2.64. The van der Waals surface area contributed by atoms with Crippen LogP contribution in [0.15, 0.2) is 33.9 Å². The van der Waals surface area contributed by atoms with Gasteiger partial charge in [0.15, 0.2) is 0 Å². The summed E-state index contributed by atoms with van der Waals surface area (Å²) in [7, 11) is 1.39. The highest BCUT2D eigenvalue weighted by Crippen LogP contribution is 2.15. The molecule has 0 radical (unpaired) electrons. The number of piperidine rings is 1. The molecule has 1 aliphatic heterocycles. The molecule has 0 bridgehead atoms. The van der Waals surface area contributed by atoms with Crippen LogP contribution in [-0.4, -0.2) is 28.3 Å². The van der Waals surface area contributed by atoms with Crippen molar-refractivity contribution in [3.8, 4) is 6.07 Å². The van der Waals surface area contributed by atoms with Gasteiger partial charge in [0.05, 0.1) is 18.2 Å². The topological polar surface area (TPSA) is 91.8 Å². The summed E-state index contributed by atoms with van der Waals surface area (Å²) >= 11 is 0. The fraction of sp³-hybridized carbons (Fsp3) is 0.389. The van der Waals surface area contributed by atoms with Crippen LogP contribution < -0.4 is 21.9 Å². The molecule has 1 saturated heterocycles. The van der Waals surface area contributed by atoms with Crippen molar-refractivity contribution in [3.05, 3.63) is 62.0 Å². The molecule has 2 aromatic rings. The normalized spacial score (nSPS) is 16.3. The SMILES string of the molecule is Cl.Cn1c(=O)cc(N[C@@H]2CCCNC2)n(Cc2cc(F)ccc2C#N)c1=O. The van der Waals surface area contributed by atoms with E-state index in [1.807, 2.05) is 6.07 Å². The Hall–Kier alpha value is -2.63. The Balaban J connectivity index is 0.00000261. The van der Waals surface area contributed by atoms with Gasteiger partial charge in [-0.25, -0.2) is 9.18 Å². The summed E-state index contributed by atoms with van der Waals surface area (Å²) in [6.45, 7) is 1.67. The number of benzene rings is 1. The summed E-state index contributed by atoms with van der Waals surface area (Å²) in [6, 6.07) is 7.29. The van der Waals surface area contributed by atoms with Gasteiger partial charge >= 0.3 is 5.69 Å². The van der Waals surface area contributed by atoms with Crippen molar-refractivity contribution >= 4 is 18.2 Å². The molecular weight excluding hydrogens is 373 g/mol. The smallest absolute Gasteiger partial charge is 0.332 e. The lowest BCUT2D eigenvalue weighted by Crippen LogP contribution is -2.43. The molecule has 1 aliphatic rings. The first-order valence-electron chi connectivity index (χ1n) is 8.46. The van der Waals surface area contributed by atoms with E-state index in [1.54, 1.807) is 0 Å². The van der Waals surface area contributed by atoms with Gasteiger partial charge in [0.1, 0.15) is 11.6 Å². The number of hydrogen-bond acceptors (Lipinski definition) is 5. The minimum atomic E-state index is -0.517. The van der Waals surface area contributed by atoms with Crippen LogP contribution in [0.4, 0.5) is 10.2 Å². The average molecular weight is 394 g/mol. The van der Waals surface area contributed by atoms with Crippen LogP contribution in [0.5, 0.6) is 0 Å². The van der Waals surface area contributed by atoms with Crippen LogP contribution >= 0.6 is 12.4 Å². The third-order valence-electron chi connectivity index (χ3n) is 4.56. The Labute approximate surface area is 161 Å². The Kier molecular flexibility index (Phi) is 6.77. The first kappa shape index (κ1) is 20.7. The lowest BCUT2D eigenvalue weighted by atomic mass is 10.1. The second-order valence-electron chi connectivity index (χ2n) is 6.40. The molecule has 0 saturated carbocycles. The third kappa shape index (κ3) is 4.56. The second-order valence-corrected chi connectivity index (χ2v) is 6.40. The van der Waals surface area contributed by atoms with E-state index in [1.165, 1.54) is 35.9 Å². The van der Waals surface area contributed by atoms with Gasteiger partial charge in [0.2, 0.25) is 0 Å². The van der Waals surface area contributed by atoms with E-state index in [-0.39, 0.29) is 30.6 Å². The first-order valence-corrected chi connectivity index (χ1v) is 8.46. The summed E-state index contributed by atoms with van der Waals surface area (Å²) in [5, 5.41) is 15.8. The van der Waals surface area contributed by atoms with Gasteiger partial charge < -0.3 is 10.6 Å². The van der Waals surface area contributed by atoms with Crippen molar-refractivity contribution in [2.75, 3.05) is 18.4 Å². The molecule has 1 aromatic carbocycles. The number of nitrogens with zero attached hydrogens (tertiary/aromatic N) is 3. The summed E-state index contributed by atoms with van der Waals surface area (Å²) < 4.78 is 16.0. The van der Waals surface area contributed by atoms with Crippen LogP contribution in [0.1, 0.15) is 24.0 Å². The van der Waals surface area contributed by atoms with Gasteiger partial charge in [-0.05, 0) is 43.1 Å². The number of aromatic nitrogens is 2. The number of nitrogens with one attached hydrogen (secondary N) is 2. The standard InChI is InChI=1S/C18H20FN5O2.ClH/c1-23-17(25)8-16(22-15-3-2-6-21-10-15)24(18(23)26)11-13-7-14(19)5-4-12(13)9-20;/h4-5,7-8,15,21-22H,2-3,6,10-11H2,1H3;1H/t15-;/m1./s1. The number of rotatable bonds is 4. The van der Waals surface area contributed by atoms with E-state index in [0.29, 0.717) is 11.4 Å². The van der Waals surface area contributed by atoms with Crippen LogP contribution in [0.25, 0.3) is 0 Å². The molecule has 2 N–H and O–H groups in total. The van der Waals surface area contributed by atoms with E-state index in [9.17, 15) is 19.2 Å². The van der Waals surface area contributed by atoms with E-state index in [4.69, 9.17) is 0 Å². The Morgan fingerprint density at radius 2 is 2.15 bits per heavy atom. The molecule has 3 rings (SSSR count). The zero-order valence-electron chi connectivity index (χ0n) is 14.9.